The first-order chi connectivity index (χ1) is 22.2. The second kappa shape index (κ2) is 10.6. The summed E-state index contributed by atoms with van der Waals surface area (Å²) >= 11 is 1.85. The van der Waals surface area contributed by atoms with Crippen molar-refractivity contribution in [2.45, 2.75) is 38.8 Å². The molecule has 0 amide bonds. The van der Waals surface area contributed by atoms with Crippen molar-refractivity contribution in [3.05, 3.63) is 137 Å². The van der Waals surface area contributed by atoms with Gasteiger partial charge in [0, 0.05) is 59.8 Å². The van der Waals surface area contributed by atoms with Crippen LogP contribution in [0, 0.1) is 6.92 Å². The Labute approximate surface area is 265 Å². The van der Waals surface area contributed by atoms with Gasteiger partial charge in [-0.15, -0.1) is 11.3 Å². The van der Waals surface area contributed by atoms with Crippen LogP contribution in [0.3, 0.4) is 0 Å². The van der Waals surface area contributed by atoms with E-state index in [1.165, 1.54) is 31.3 Å². The molecule has 4 aromatic carbocycles. The number of rotatable bonds is 4. The minimum Gasteiger partial charge on any atom is -0.460 e. The zero-order valence-corrected chi connectivity index (χ0v) is 25.8. The minimum atomic E-state index is -0.369. The van der Waals surface area contributed by atoms with Crippen molar-refractivity contribution < 1.29 is 4.42 Å². The number of allylic oxidation sites excluding steroid dienone is 3. The van der Waals surface area contributed by atoms with Crippen molar-refractivity contribution >= 4 is 59.7 Å². The van der Waals surface area contributed by atoms with Crippen LogP contribution in [0.1, 0.15) is 41.7 Å². The Kier molecular flexibility index (Phi) is 6.20. The molecule has 0 radical (unpaired) electrons. The van der Waals surface area contributed by atoms with Crippen molar-refractivity contribution in [3.8, 4) is 11.1 Å². The van der Waals surface area contributed by atoms with E-state index in [0.717, 1.165) is 81.9 Å². The van der Waals surface area contributed by atoms with E-state index in [-0.39, 0.29) is 6.17 Å². The predicted molar refractivity (Wildman–Crippen MR) is 189 cm³/mol. The van der Waals surface area contributed by atoms with Gasteiger partial charge in [-0.05, 0) is 61.6 Å². The molecule has 1 atom stereocenters. The Hall–Kier alpha value is -5.00. The zero-order valence-electron chi connectivity index (χ0n) is 25.0. The summed E-state index contributed by atoms with van der Waals surface area (Å²) in [5.41, 5.74) is 8.94. The molecule has 3 heterocycles. The van der Waals surface area contributed by atoms with Crippen LogP contribution < -0.4 is 5.32 Å². The molecule has 0 fully saturated rings. The third-order valence-corrected chi connectivity index (χ3v) is 10.2. The summed E-state index contributed by atoms with van der Waals surface area (Å²) < 4.78 is 9.42. The van der Waals surface area contributed by atoms with Crippen LogP contribution in [0.25, 0.3) is 47.8 Å². The van der Waals surface area contributed by atoms with Crippen molar-refractivity contribution in [1.82, 2.24) is 5.32 Å². The zero-order chi connectivity index (χ0) is 29.9. The van der Waals surface area contributed by atoms with E-state index < -0.39 is 0 Å². The average Bonchev–Trinajstić information content (AvgIpc) is 3.66. The highest BCUT2D eigenvalue weighted by atomic mass is 32.1. The monoisotopic (exact) mass is 601 g/mol. The molecule has 1 unspecified atom stereocenters. The lowest BCUT2D eigenvalue weighted by Gasteiger charge is -2.26. The Bertz CT molecular complexity index is 2310. The van der Waals surface area contributed by atoms with Gasteiger partial charge >= 0.3 is 0 Å². The van der Waals surface area contributed by atoms with E-state index in [0.29, 0.717) is 0 Å². The van der Waals surface area contributed by atoms with Gasteiger partial charge in [-0.1, -0.05) is 85.0 Å². The Morgan fingerprint density at radius 1 is 0.756 bits per heavy atom. The first-order valence-electron chi connectivity index (χ1n) is 15.7. The number of aryl methyl sites for hydroxylation is 2. The number of nitrogens with zero attached hydrogens (tertiary/aromatic N) is 2. The molecule has 0 spiro atoms. The van der Waals surface area contributed by atoms with Crippen molar-refractivity contribution in [2.75, 3.05) is 0 Å². The highest BCUT2D eigenvalue weighted by Crippen LogP contribution is 2.44. The smallest absolute Gasteiger partial charge is 0.170 e. The fourth-order valence-corrected chi connectivity index (χ4v) is 8.10. The molecule has 9 rings (SSSR count). The molecule has 3 aliphatic rings. The first-order valence-corrected chi connectivity index (χ1v) is 16.5. The van der Waals surface area contributed by atoms with Gasteiger partial charge in [0.15, 0.2) is 6.17 Å². The summed E-state index contributed by atoms with van der Waals surface area (Å²) in [6, 6.07) is 30.4. The molecule has 4 nitrogen and oxygen atoms in total. The molecular formula is C40H31N3OS. The molecule has 5 heteroatoms. The topological polar surface area (TPSA) is 49.9 Å². The maximum absolute atomic E-state index is 6.81. The number of fused-ring (bicyclic) bond motifs is 6. The standard InChI is InChI=1S/C40H31N3OS/c1-24-21-31(27-19-20-29-28-15-8-9-18-34(28)45-35(29)23-27)37-32(22-24)36-30(16-10-17-33(36)44-37)40-42-38(25-11-4-2-5-12-25)41-39(43-40)26-13-6-3-7-14-26/h2,4-6,8-9,11-16,18-23,40H,3,7,10,17H2,1H3,(H,41,42,43). The molecule has 1 N–H and O–H groups in total. The second-order valence-corrected chi connectivity index (χ2v) is 13.1. The third-order valence-electron chi connectivity index (χ3n) is 9.05. The van der Waals surface area contributed by atoms with Crippen LogP contribution in [0.2, 0.25) is 0 Å². The Balaban J connectivity index is 1.19. The van der Waals surface area contributed by atoms with Gasteiger partial charge in [0.05, 0.1) is 0 Å². The van der Waals surface area contributed by atoms with Crippen molar-refractivity contribution in [3.63, 3.8) is 0 Å². The molecule has 45 heavy (non-hydrogen) atoms. The van der Waals surface area contributed by atoms with Gasteiger partial charge < -0.3 is 9.73 Å². The van der Waals surface area contributed by atoms with Gasteiger partial charge in [0.1, 0.15) is 23.0 Å². The van der Waals surface area contributed by atoms with Crippen LogP contribution in [-0.4, -0.2) is 17.8 Å². The van der Waals surface area contributed by atoms with E-state index in [9.17, 15) is 0 Å². The van der Waals surface area contributed by atoms with E-state index in [1.807, 2.05) is 17.4 Å². The SMILES string of the molecule is Cc1cc(-c2ccc3c(c2)sc2ccccc23)c2oc3c(c2c1)C(C1N=C(C2=CCCC=C2)NC(c2ccccc2)=N1)=CCC3. The summed E-state index contributed by atoms with van der Waals surface area (Å²) in [6.45, 7) is 2.18. The summed E-state index contributed by atoms with van der Waals surface area (Å²) in [5, 5.41) is 7.33. The van der Waals surface area contributed by atoms with Crippen molar-refractivity contribution in [1.29, 1.82) is 0 Å². The van der Waals surface area contributed by atoms with Crippen LogP contribution >= 0.6 is 11.3 Å². The van der Waals surface area contributed by atoms with Gasteiger partial charge in [0.2, 0.25) is 0 Å². The molecule has 2 aliphatic carbocycles. The van der Waals surface area contributed by atoms with Crippen LogP contribution in [0.15, 0.2) is 129 Å². The normalized spacial score (nSPS) is 17.9. The molecule has 0 bridgehead atoms. The molecule has 6 aromatic rings. The first kappa shape index (κ1) is 26.4. The minimum absolute atomic E-state index is 0.369. The summed E-state index contributed by atoms with van der Waals surface area (Å²) in [4.78, 5) is 10.5. The molecule has 0 saturated heterocycles. The number of benzene rings is 4. The lowest BCUT2D eigenvalue weighted by molar-refractivity contribution is 0.544. The van der Waals surface area contributed by atoms with Gasteiger partial charge in [-0.25, -0.2) is 9.98 Å². The van der Waals surface area contributed by atoms with Gasteiger partial charge in [0.25, 0.3) is 0 Å². The molecule has 0 saturated carbocycles. The molecule has 2 aromatic heterocycles. The number of furan rings is 1. The second-order valence-electron chi connectivity index (χ2n) is 12.1. The number of nitrogens with one attached hydrogen (secondary N) is 1. The van der Waals surface area contributed by atoms with Gasteiger partial charge in [-0.3, -0.25) is 0 Å². The largest absolute Gasteiger partial charge is 0.460 e. The number of amidine groups is 2. The quantitative estimate of drug-likeness (QED) is 0.219. The number of thiophene rings is 1. The third kappa shape index (κ3) is 4.49. The van der Waals surface area contributed by atoms with Crippen LogP contribution in [0.4, 0.5) is 0 Å². The molecule has 218 valence electrons. The fourth-order valence-electron chi connectivity index (χ4n) is 6.96. The van der Waals surface area contributed by atoms with E-state index >= 15 is 0 Å². The van der Waals surface area contributed by atoms with Crippen molar-refractivity contribution in [2.24, 2.45) is 9.98 Å². The summed E-state index contributed by atoms with van der Waals surface area (Å²) in [7, 11) is 0. The average molecular weight is 602 g/mol. The lowest BCUT2D eigenvalue weighted by atomic mass is 9.90. The molecular weight excluding hydrogens is 571 g/mol. The Morgan fingerprint density at radius 2 is 1.60 bits per heavy atom. The Morgan fingerprint density at radius 3 is 2.49 bits per heavy atom. The van der Waals surface area contributed by atoms with E-state index in [2.05, 4.69) is 115 Å². The maximum atomic E-state index is 6.81. The highest BCUT2D eigenvalue weighted by Gasteiger charge is 2.30. The summed E-state index contributed by atoms with van der Waals surface area (Å²) in [6.07, 6.45) is 12.5. The molecule has 1 aliphatic heterocycles. The number of aliphatic imine (C=N–C) groups is 2. The lowest BCUT2D eigenvalue weighted by Crippen LogP contribution is -2.38. The maximum Gasteiger partial charge on any atom is 0.170 e. The van der Waals surface area contributed by atoms with Crippen LogP contribution in [0.5, 0.6) is 0 Å². The fraction of sp³-hybridized carbons (Fsp3) is 0.150. The van der Waals surface area contributed by atoms with E-state index in [1.54, 1.807) is 0 Å². The van der Waals surface area contributed by atoms with Crippen LogP contribution in [-0.2, 0) is 6.42 Å². The predicted octanol–water partition coefficient (Wildman–Crippen LogP) is 10.2. The number of hydrogen-bond donors (Lipinski definition) is 1. The number of hydrogen-bond acceptors (Lipinski definition) is 5. The highest BCUT2D eigenvalue weighted by molar-refractivity contribution is 7.25. The summed E-state index contributed by atoms with van der Waals surface area (Å²) in [5.74, 6) is 2.75. The van der Waals surface area contributed by atoms with Gasteiger partial charge in [-0.2, -0.15) is 0 Å². The van der Waals surface area contributed by atoms with E-state index in [4.69, 9.17) is 14.4 Å².